The Bertz CT molecular complexity index is 981. The lowest BCUT2D eigenvalue weighted by Crippen LogP contribution is -2.26. The van der Waals surface area contributed by atoms with Gasteiger partial charge in [0.15, 0.2) is 0 Å². The van der Waals surface area contributed by atoms with Gasteiger partial charge in [0, 0.05) is 5.56 Å². The number of halogens is 3. The Morgan fingerprint density at radius 2 is 1.61 bits per heavy atom. The molecular weight excluding hydrogens is 365 g/mol. The number of alkyl halides is 3. The van der Waals surface area contributed by atoms with Crippen LogP contribution in [0.1, 0.15) is 27.0 Å². The molecule has 0 saturated carbocycles. The van der Waals surface area contributed by atoms with E-state index in [1.165, 1.54) is 18.3 Å². The summed E-state index contributed by atoms with van der Waals surface area (Å²) in [6.45, 7) is 1.88. The average Bonchev–Trinajstić information content (AvgIpc) is 2.69. The highest BCUT2D eigenvalue weighted by Gasteiger charge is 2.31. The van der Waals surface area contributed by atoms with Crippen LogP contribution in [-0.2, 0) is 6.18 Å². The average molecular weight is 382 g/mol. The van der Waals surface area contributed by atoms with Crippen molar-refractivity contribution >= 4 is 17.8 Å². The van der Waals surface area contributed by atoms with Crippen LogP contribution in [0, 0.1) is 6.92 Å². The molecule has 6 heteroatoms. The van der Waals surface area contributed by atoms with Gasteiger partial charge in [-0.25, -0.2) is 0 Å². The molecule has 3 nitrogen and oxygen atoms in total. The van der Waals surface area contributed by atoms with Crippen LogP contribution in [0.3, 0.4) is 0 Å². The van der Waals surface area contributed by atoms with Crippen LogP contribution in [-0.4, -0.2) is 12.1 Å². The predicted octanol–water partition coefficient (Wildman–Crippen LogP) is 5.69. The van der Waals surface area contributed by atoms with E-state index in [1.54, 1.807) is 48.5 Å². The van der Waals surface area contributed by atoms with Crippen molar-refractivity contribution in [1.29, 1.82) is 0 Å². The second-order valence-corrected chi connectivity index (χ2v) is 6.19. The zero-order valence-electron chi connectivity index (χ0n) is 15.0. The minimum Gasteiger partial charge on any atom is -0.267 e. The van der Waals surface area contributed by atoms with Gasteiger partial charge in [-0.3, -0.25) is 4.79 Å². The smallest absolute Gasteiger partial charge is 0.267 e. The van der Waals surface area contributed by atoms with Gasteiger partial charge in [0.05, 0.1) is 17.5 Å². The Kier molecular flexibility index (Phi) is 5.59. The zero-order valence-corrected chi connectivity index (χ0v) is 15.0. The van der Waals surface area contributed by atoms with Crippen molar-refractivity contribution in [3.05, 3.63) is 101 Å². The van der Waals surface area contributed by atoms with Gasteiger partial charge < -0.3 is 0 Å². The summed E-state index contributed by atoms with van der Waals surface area (Å²) in [4.78, 5) is 13.0. The highest BCUT2D eigenvalue weighted by molar-refractivity contribution is 6.06. The number of benzene rings is 3. The number of carbonyl (C=O) groups is 1. The number of anilines is 1. The SMILES string of the molecule is Cc1ccc(C(=O)N(N=Cc2ccccc2)c2cccc(C(F)(F)F)c2)cc1. The lowest BCUT2D eigenvalue weighted by atomic mass is 10.1. The van der Waals surface area contributed by atoms with Crippen molar-refractivity contribution in [1.82, 2.24) is 0 Å². The summed E-state index contributed by atoms with van der Waals surface area (Å²) in [6, 6.07) is 20.3. The van der Waals surface area contributed by atoms with Gasteiger partial charge in [-0.15, -0.1) is 0 Å². The highest BCUT2D eigenvalue weighted by Crippen LogP contribution is 2.32. The van der Waals surface area contributed by atoms with Crippen molar-refractivity contribution < 1.29 is 18.0 Å². The van der Waals surface area contributed by atoms with E-state index in [1.807, 2.05) is 13.0 Å². The van der Waals surface area contributed by atoms with Crippen LogP contribution >= 0.6 is 0 Å². The first-order chi connectivity index (χ1) is 13.3. The Morgan fingerprint density at radius 1 is 0.929 bits per heavy atom. The maximum absolute atomic E-state index is 13.1. The first kappa shape index (κ1) is 19.4. The molecule has 0 bridgehead atoms. The van der Waals surface area contributed by atoms with Crippen molar-refractivity contribution in [3.8, 4) is 0 Å². The molecule has 0 fully saturated rings. The quantitative estimate of drug-likeness (QED) is 0.421. The van der Waals surface area contributed by atoms with Gasteiger partial charge in [0.25, 0.3) is 5.91 Å². The summed E-state index contributed by atoms with van der Waals surface area (Å²) >= 11 is 0. The molecule has 1 amide bonds. The number of hydrogen-bond acceptors (Lipinski definition) is 2. The molecule has 3 aromatic carbocycles. The number of hydrazone groups is 1. The molecule has 142 valence electrons. The number of aryl methyl sites for hydroxylation is 1. The molecule has 0 aliphatic carbocycles. The summed E-state index contributed by atoms with van der Waals surface area (Å²) in [6.07, 6.45) is -3.08. The molecule has 0 spiro atoms. The maximum atomic E-state index is 13.1. The van der Waals surface area contributed by atoms with Crippen LogP contribution in [0.25, 0.3) is 0 Å². The first-order valence-corrected chi connectivity index (χ1v) is 8.52. The summed E-state index contributed by atoms with van der Waals surface area (Å²) in [7, 11) is 0. The first-order valence-electron chi connectivity index (χ1n) is 8.52. The van der Waals surface area contributed by atoms with E-state index in [0.29, 0.717) is 5.56 Å². The van der Waals surface area contributed by atoms with E-state index in [2.05, 4.69) is 5.10 Å². The van der Waals surface area contributed by atoms with Gasteiger partial charge in [-0.1, -0.05) is 54.1 Å². The second kappa shape index (κ2) is 8.08. The van der Waals surface area contributed by atoms with Gasteiger partial charge in [-0.05, 0) is 42.8 Å². The molecular formula is C22H17F3N2O. The predicted molar refractivity (Wildman–Crippen MR) is 103 cm³/mol. The minimum absolute atomic E-state index is 0.0348. The Morgan fingerprint density at radius 3 is 2.25 bits per heavy atom. The molecule has 3 aromatic rings. The fourth-order valence-electron chi connectivity index (χ4n) is 2.53. The summed E-state index contributed by atoms with van der Waals surface area (Å²) in [5.41, 5.74) is 1.20. The molecule has 0 radical (unpaired) electrons. The van der Waals surface area contributed by atoms with E-state index in [0.717, 1.165) is 28.3 Å². The van der Waals surface area contributed by atoms with E-state index >= 15 is 0 Å². The van der Waals surface area contributed by atoms with Crippen molar-refractivity contribution in [2.24, 2.45) is 5.10 Å². The van der Waals surface area contributed by atoms with Crippen LogP contribution in [0.15, 0.2) is 84.0 Å². The molecule has 0 aliphatic heterocycles. The van der Waals surface area contributed by atoms with Gasteiger partial charge in [0.1, 0.15) is 0 Å². The van der Waals surface area contributed by atoms with Crippen LogP contribution in [0.4, 0.5) is 18.9 Å². The van der Waals surface area contributed by atoms with Gasteiger partial charge in [0.2, 0.25) is 0 Å². The normalized spacial score (nSPS) is 11.6. The minimum atomic E-state index is -4.52. The standard InChI is InChI=1S/C22H17F3N2O/c1-16-10-12-18(13-11-16)21(28)27(26-15-17-6-3-2-4-7-17)20-9-5-8-19(14-20)22(23,24)25/h2-15H,1H3. The number of nitrogens with zero attached hydrogens (tertiary/aromatic N) is 2. The zero-order chi connectivity index (χ0) is 20.1. The van der Waals surface area contributed by atoms with Crippen molar-refractivity contribution in [3.63, 3.8) is 0 Å². The number of rotatable bonds is 4. The Hall–Kier alpha value is -3.41. The molecule has 28 heavy (non-hydrogen) atoms. The molecule has 0 atom stereocenters. The van der Waals surface area contributed by atoms with E-state index in [-0.39, 0.29) is 5.69 Å². The number of carbonyl (C=O) groups excluding carboxylic acids is 1. The monoisotopic (exact) mass is 382 g/mol. The molecule has 0 N–H and O–H groups in total. The van der Waals surface area contributed by atoms with Crippen LogP contribution < -0.4 is 5.01 Å². The highest BCUT2D eigenvalue weighted by atomic mass is 19.4. The van der Waals surface area contributed by atoms with Crippen molar-refractivity contribution in [2.45, 2.75) is 13.1 Å². The molecule has 0 aromatic heterocycles. The number of amides is 1. The summed E-state index contributed by atoms with van der Waals surface area (Å²) < 4.78 is 39.3. The van der Waals surface area contributed by atoms with Gasteiger partial charge in [-0.2, -0.15) is 23.3 Å². The third-order valence-corrected chi connectivity index (χ3v) is 4.03. The Balaban J connectivity index is 2.02. The maximum Gasteiger partial charge on any atom is 0.416 e. The van der Waals surface area contributed by atoms with E-state index < -0.39 is 17.6 Å². The molecule has 0 heterocycles. The van der Waals surface area contributed by atoms with E-state index in [9.17, 15) is 18.0 Å². The molecule has 0 unspecified atom stereocenters. The molecule has 0 saturated heterocycles. The largest absolute Gasteiger partial charge is 0.416 e. The molecule has 3 rings (SSSR count). The topological polar surface area (TPSA) is 32.7 Å². The second-order valence-electron chi connectivity index (χ2n) is 6.19. The van der Waals surface area contributed by atoms with Crippen molar-refractivity contribution in [2.75, 3.05) is 5.01 Å². The van der Waals surface area contributed by atoms with E-state index in [4.69, 9.17) is 0 Å². The lowest BCUT2D eigenvalue weighted by Gasteiger charge is -2.19. The summed E-state index contributed by atoms with van der Waals surface area (Å²) in [5.74, 6) is -0.522. The fourth-order valence-corrected chi connectivity index (χ4v) is 2.53. The Labute approximate surface area is 160 Å². The van der Waals surface area contributed by atoms with Crippen LogP contribution in [0.5, 0.6) is 0 Å². The third-order valence-electron chi connectivity index (χ3n) is 4.03. The van der Waals surface area contributed by atoms with Gasteiger partial charge >= 0.3 is 6.18 Å². The number of hydrogen-bond donors (Lipinski definition) is 0. The molecule has 0 aliphatic rings. The fraction of sp³-hybridized carbons (Fsp3) is 0.0909. The van der Waals surface area contributed by atoms with Crippen LogP contribution in [0.2, 0.25) is 0 Å². The summed E-state index contributed by atoms with van der Waals surface area (Å²) in [5, 5.41) is 5.16. The lowest BCUT2D eigenvalue weighted by molar-refractivity contribution is -0.137. The third kappa shape index (κ3) is 4.65.